The molecule has 30 nitrogen and oxygen atoms in total. The van der Waals surface area contributed by atoms with Crippen LogP contribution < -0.4 is 0 Å². The summed E-state index contributed by atoms with van der Waals surface area (Å²) < 4.78 is 69.6. The van der Waals surface area contributed by atoms with E-state index >= 15 is 0 Å². The minimum absolute atomic E-state index is 0.00927. The Morgan fingerprint density at radius 3 is 1.79 bits per heavy atom. The molecule has 4 heterocycles. The average molecular weight is 1230 g/mol. The Balaban J connectivity index is 1.06. The Morgan fingerprint density at radius 1 is 0.518 bits per heavy atom. The van der Waals surface area contributed by atoms with Crippen LogP contribution in [0.4, 0.5) is 0 Å². The first kappa shape index (κ1) is 67.4. The van der Waals surface area contributed by atoms with Gasteiger partial charge in [0.25, 0.3) is 0 Å². The fourth-order valence-electron chi connectivity index (χ4n) is 12.9. The standard InChI is InChI=1S/C55H84O30/c1-74-34-12-23(13-35(75-2)44(34)68)5-10-41(65)84-51-43(67)31(61)19-78-54(51)85-52-48(72)46(70)38(20-76-40(64)9-4-22-3-7-27(57)29(59)11-22)83-55(52)81-36-17-26-32(79-50(36)24-6-8-28(58)30(60)14-24)15-25(56)16-33(26)80-53-49(73)47(71)45(69)37(82-53)21-77-42(66)18-39(62)63/h4-5,9-10,22-38,43-61,67-73H,3,6-8,11-21H2,1-2H3,(H,62,63)/p+1/t22?,23?,24?,25?,26?,27?,28?,29?,30?,31-,32?,33?,34?,35?,36?,37-,38-,43+,44?,45-,46-,47+,48+,49-,50?,51-,52-,53-,54+,55-/m1/s1. The van der Waals surface area contributed by atoms with E-state index in [0.29, 0.717) is 32.1 Å². The second-order valence-corrected chi connectivity index (χ2v) is 23.7. The van der Waals surface area contributed by atoms with Gasteiger partial charge in [-0.1, -0.05) is 12.2 Å². The number of rotatable bonds is 20. The molecule has 8 fully saturated rings. The zero-order chi connectivity index (χ0) is 61.6. The van der Waals surface area contributed by atoms with Gasteiger partial charge < -0.3 is 128 Å². The second kappa shape index (κ2) is 30.3. The lowest BCUT2D eigenvalue weighted by atomic mass is 9.72. The maximum absolute atomic E-state index is 13.6. The molecule has 0 amide bonds. The number of carbonyl (C=O) groups excluding carboxylic acids is 3. The van der Waals surface area contributed by atoms with E-state index in [1.807, 2.05) is 0 Å². The number of fused-ring (bicyclic) bond motifs is 1. The van der Waals surface area contributed by atoms with Crippen LogP contribution in [0.3, 0.4) is 0 Å². The number of carboxylic acids is 1. The van der Waals surface area contributed by atoms with Gasteiger partial charge in [0.05, 0.1) is 61.4 Å². The third-order valence-electron chi connectivity index (χ3n) is 17.8. The Labute approximate surface area is 488 Å². The minimum atomic E-state index is -2.04. The predicted octanol–water partition coefficient (Wildman–Crippen LogP) is -5.66. The number of carbonyl (C=O) groups is 4. The fraction of sp³-hybridized carbons (Fsp3) is 0.855. The highest BCUT2D eigenvalue weighted by molar-refractivity contribution is 5.90. The molecule has 4 saturated carbocycles. The lowest BCUT2D eigenvalue weighted by Crippen LogP contribution is -2.66. The van der Waals surface area contributed by atoms with E-state index in [1.54, 1.807) is 0 Å². The number of esters is 3. The molecule has 484 valence electrons. The van der Waals surface area contributed by atoms with Crippen LogP contribution in [0.2, 0.25) is 0 Å². The van der Waals surface area contributed by atoms with Gasteiger partial charge in [-0.2, -0.15) is 0 Å². The number of hydrogen-bond acceptors (Lipinski definition) is 28. The smallest absolute Gasteiger partial charge is 0.330 e. The molecule has 0 radical (unpaired) electrons. The van der Waals surface area contributed by atoms with Gasteiger partial charge in [0.1, 0.15) is 92.9 Å². The van der Waals surface area contributed by atoms with E-state index in [-0.39, 0.29) is 50.4 Å². The molecule has 0 aromatic heterocycles. The van der Waals surface area contributed by atoms with Crippen molar-refractivity contribution >= 4 is 23.9 Å². The summed E-state index contributed by atoms with van der Waals surface area (Å²) in [7, 11) is 2.85. The van der Waals surface area contributed by atoms with Crippen molar-refractivity contribution in [2.75, 3.05) is 34.0 Å². The number of hydrogen-bond donors (Lipinski definition) is 14. The van der Waals surface area contributed by atoms with E-state index < -0.39 is 221 Å². The molecular formula is C55H85O30+. The molecule has 0 aromatic rings. The van der Waals surface area contributed by atoms with E-state index in [0.717, 1.165) is 12.2 Å². The number of aliphatic hydroxyl groups is 15. The summed E-state index contributed by atoms with van der Waals surface area (Å²) in [5.74, 6) is -6.53. The van der Waals surface area contributed by atoms with Gasteiger partial charge in [0, 0.05) is 45.1 Å². The van der Waals surface area contributed by atoms with Crippen molar-refractivity contribution in [2.45, 2.75) is 236 Å². The van der Waals surface area contributed by atoms with Crippen LogP contribution in [0.5, 0.6) is 0 Å². The van der Waals surface area contributed by atoms with E-state index in [1.165, 1.54) is 26.4 Å². The van der Waals surface area contributed by atoms with Crippen molar-refractivity contribution in [1.82, 2.24) is 0 Å². The molecule has 0 bridgehead atoms. The first-order chi connectivity index (χ1) is 40.4. The molecule has 30 heteroatoms. The third kappa shape index (κ3) is 16.9. The molecule has 8 aliphatic rings. The Bertz CT molecular complexity index is 2230. The zero-order valence-electron chi connectivity index (χ0n) is 47.1. The Hall–Kier alpha value is -3.52. The molecule has 4 saturated heterocycles. The van der Waals surface area contributed by atoms with Crippen LogP contribution in [0.15, 0.2) is 24.3 Å². The minimum Gasteiger partial charge on any atom is -0.481 e. The monoisotopic (exact) mass is 1230 g/mol. The number of aliphatic hydroxyl groups excluding tert-OH is 13. The van der Waals surface area contributed by atoms with Crippen molar-refractivity contribution in [2.24, 2.45) is 23.7 Å². The average Bonchev–Trinajstić information content (AvgIpc) is 2.27. The van der Waals surface area contributed by atoms with Crippen molar-refractivity contribution in [3.05, 3.63) is 24.3 Å². The predicted molar refractivity (Wildman–Crippen MR) is 278 cm³/mol. The van der Waals surface area contributed by atoms with Gasteiger partial charge in [0.2, 0.25) is 0 Å². The lowest BCUT2D eigenvalue weighted by molar-refractivity contribution is -0.385. The van der Waals surface area contributed by atoms with Gasteiger partial charge in [-0.25, -0.2) is 9.59 Å². The van der Waals surface area contributed by atoms with E-state index in [2.05, 4.69) is 0 Å². The van der Waals surface area contributed by atoms with Crippen LogP contribution >= 0.6 is 0 Å². The first-order valence-corrected chi connectivity index (χ1v) is 29.0. The van der Waals surface area contributed by atoms with Crippen LogP contribution in [0.1, 0.15) is 77.0 Å². The molecule has 14 unspecified atom stereocenters. The molecule has 8 rings (SSSR count). The van der Waals surface area contributed by atoms with Gasteiger partial charge in [-0.3, -0.25) is 9.59 Å². The number of allylic oxidation sites excluding steroid dienone is 2. The molecule has 4 aliphatic heterocycles. The molecule has 15 N–H and O–H groups in total. The van der Waals surface area contributed by atoms with Crippen LogP contribution in [0.25, 0.3) is 0 Å². The molecule has 28 atom stereocenters. The van der Waals surface area contributed by atoms with Crippen molar-refractivity contribution in [1.29, 1.82) is 0 Å². The van der Waals surface area contributed by atoms with Gasteiger partial charge in [0.15, 0.2) is 37.2 Å². The number of ether oxygens (including phenoxy) is 12. The highest BCUT2D eigenvalue weighted by Gasteiger charge is 2.58. The Kier molecular flexibility index (Phi) is 24.1. The Morgan fingerprint density at radius 2 is 1.13 bits per heavy atom. The second-order valence-electron chi connectivity index (χ2n) is 23.7. The molecular weight excluding hydrogens is 1140 g/mol. The van der Waals surface area contributed by atoms with Crippen molar-refractivity contribution in [3.8, 4) is 0 Å². The SMILES string of the molecule is COC1CC(C=CC(=O)O[C@H]2[C@H](O[C@H]3[C@H](OC4CC5C(O[C@@H]6O[C@H](COC(=O)CC(=O)O)[C@@H](O)[C@H](O)[C@H]6O)CC(O)CC5[OH+]C4C4CCC(O)C(O)C4)O[C@H](COC(=O)C=CC4CCC(O)C(O)C4)[C@@H](O)[C@@H]3O)OC[C@@H](O)[C@@H]2O)CC(OC)C1O. The molecule has 85 heavy (non-hydrogen) atoms. The highest BCUT2D eigenvalue weighted by atomic mass is 16.8. The molecule has 0 spiro atoms. The highest BCUT2D eigenvalue weighted by Crippen LogP contribution is 2.45. The van der Waals surface area contributed by atoms with E-state index in [4.69, 9.17) is 61.9 Å². The maximum atomic E-state index is 13.6. The fourth-order valence-corrected chi connectivity index (χ4v) is 12.9. The third-order valence-corrected chi connectivity index (χ3v) is 17.8. The van der Waals surface area contributed by atoms with Crippen LogP contribution in [-0.2, 0) is 71.3 Å². The summed E-state index contributed by atoms with van der Waals surface area (Å²) in [4.78, 5) is 49.9. The summed E-state index contributed by atoms with van der Waals surface area (Å²) in [5, 5.41) is 152. The summed E-state index contributed by atoms with van der Waals surface area (Å²) in [6.07, 6.45) is -30.7. The number of methoxy groups -OCH3 is 2. The summed E-state index contributed by atoms with van der Waals surface area (Å²) >= 11 is 0. The molecule has 0 aromatic carbocycles. The summed E-state index contributed by atoms with van der Waals surface area (Å²) in [6, 6.07) is 0. The lowest BCUT2D eigenvalue weighted by Gasteiger charge is -2.50. The summed E-state index contributed by atoms with van der Waals surface area (Å²) in [6.45, 7) is -2.06. The number of carboxylic acid groups (broad SMARTS) is 1. The van der Waals surface area contributed by atoms with Crippen LogP contribution in [0, 0.1) is 23.7 Å². The zero-order valence-corrected chi connectivity index (χ0v) is 47.1. The summed E-state index contributed by atoms with van der Waals surface area (Å²) in [5.41, 5.74) is 0. The van der Waals surface area contributed by atoms with Gasteiger partial charge >= 0.3 is 23.9 Å². The van der Waals surface area contributed by atoms with Crippen molar-refractivity contribution < 1.29 is 148 Å². The molecule has 4 aliphatic carbocycles. The quantitative estimate of drug-likeness (QED) is 0.0178. The normalized spacial score (nSPS) is 46.3. The van der Waals surface area contributed by atoms with Gasteiger partial charge in [-0.15, -0.1) is 0 Å². The van der Waals surface area contributed by atoms with Gasteiger partial charge in [-0.05, 0) is 69.6 Å². The van der Waals surface area contributed by atoms with Crippen LogP contribution in [-0.4, -0.2) is 293 Å². The largest absolute Gasteiger partial charge is 0.481 e. The maximum Gasteiger partial charge on any atom is 0.330 e. The first-order valence-electron chi connectivity index (χ1n) is 29.0. The number of aliphatic carboxylic acids is 1. The van der Waals surface area contributed by atoms with Crippen molar-refractivity contribution in [3.63, 3.8) is 0 Å². The van der Waals surface area contributed by atoms with E-state index in [9.17, 15) is 85.6 Å². The topological polar surface area (TPSA) is 466 Å².